The third-order valence-electron chi connectivity index (χ3n) is 8.05. The van der Waals surface area contributed by atoms with Crippen molar-refractivity contribution in [2.45, 2.75) is 37.9 Å². The zero-order valence-electron chi connectivity index (χ0n) is 22.1. The first kappa shape index (κ1) is 25.2. The Balaban J connectivity index is 1.38. The van der Waals surface area contributed by atoms with Crippen molar-refractivity contribution in [3.8, 4) is 5.75 Å². The molecule has 6 rings (SSSR count). The van der Waals surface area contributed by atoms with Gasteiger partial charge in [0.2, 0.25) is 0 Å². The van der Waals surface area contributed by atoms with E-state index < -0.39 is 0 Å². The molecule has 0 unspecified atom stereocenters. The molecule has 2 saturated heterocycles. The van der Waals surface area contributed by atoms with E-state index in [1.54, 1.807) is 7.11 Å². The minimum atomic E-state index is 0.106. The maximum atomic E-state index is 6.70. The number of pyridine rings is 1. The van der Waals surface area contributed by atoms with Gasteiger partial charge in [0, 0.05) is 38.9 Å². The number of halogens is 1. The highest BCUT2D eigenvalue weighted by molar-refractivity contribution is 6.31. The van der Waals surface area contributed by atoms with Gasteiger partial charge in [-0.3, -0.25) is 9.88 Å². The lowest BCUT2D eigenvalue weighted by atomic mass is 9.92. The molecule has 2 aromatic heterocycles. The van der Waals surface area contributed by atoms with Gasteiger partial charge in [0.15, 0.2) is 0 Å². The number of methoxy groups -OCH3 is 1. The van der Waals surface area contributed by atoms with E-state index in [-0.39, 0.29) is 12.1 Å². The van der Waals surface area contributed by atoms with Crippen LogP contribution in [-0.4, -0.2) is 65.1 Å². The quantitative estimate of drug-likeness (QED) is 0.338. The van der Waals surface area contributed by atoms with Gasteiger partial charge in [0.05, 0.1) is 41.1 Å². The SMILES string of the molecule is COc1ccc(CN2[C@@H](c3nc4c(N5CCN(C)CC5)cccc4[nH]3)CCC[C@H]2c2ncccc2Cl)cc1. The number of piperidine rings is 1. The number of likely N-dealkylation sites (tertiary alicyclic amines) is 1. The predicted molar refractivity (Wildman–Crippen MR) is 153 cm³/mol. The van der Waals surface area contributed by atoms with Crippen molar-refractivity contribution in [1.82, 2.24) is 24.8 Å². The number of nitrogens with one attached hydrogen (secondary N) is 1. The number of nitrogens with zero attached hydrogens (tertiary/aromatic N) is 5. The average Bonchev–Trinajstić information content (AvgIpc) is 3.39. The van der Waals surface area contributed by atoms with Crippen LogP contribution in [0.3, 0.4) is 0 Å². The average molecular weight is 531 g/mol. The molecule has 0 amide bonds. The number of para-hydroxylation sites is 1. The molecule has 0 spiro atoms. The van der Waals surface area contributed by atoms with Crippen molar-refractivity contribution in [3.63, 3.8) is 0 Å². The molecule has 1 N–H and O–H groups in total. The molecular formula is C30H35ClN6O. The maximum absolute atomic E-state index is 6.70. The lowest BCUT2D eigenvalue weighted by molar-refractivity contribution is 0.0667. The number of rotatable bonds is 6. The van der Waals surface area contributed by atoms with E-state index in [4.69, 9.17) is 26.3 Å². The van der Waals surface area contributed by atoms with Crippen molar-refractivity contribution in [2.24, 2.45) is 0 Å². The molecule has 0 radical (unpaired) electrons. The number of hydrogen-bond acceptors (Lipinski definition) is 6. The van der Waals surface area contributed by atoms with Gasteiger partial charge < -0.3 is 19.5 Å². The van der Waals surface area contributed by atoms with E-state index in [0.717, 1.165) is 85.3 Å². The molecule has 2 aromatic carbocycles. The molecule has 2 aliphatic heterocycles. The molecule has 0 aliphatic carbocycles. The molecule has 0 bridgehead atoms. The highest BCUT2D eigenvalue weighted by Gasteiger charge is 2.36. The number of benzene rings is 2. The summed E-state index contributed by atoms with van der Waals surface area (Å²) in [5.41, 5.74) is 5.55. The molecule has 2 fully saturated rings. The van der Waals surface area contributed by atoms with Crippen molar-refractivity contribution >= 4 is 28.3 Å². The molecule has 38 heavy (non-hydrogen) atoms. The zero-order valence-corrected chi connectivity index (χ0v) is 22.9. The van der Waals surface area contributed by atoms with Gasteiger partial charge in [0.1, 0.15) is 17.1 Å². The first-order valence-electron chi connectivity index (χ1n) is 13.5. The van der Waals surface area contributed by atoms with Gasteiger partial charge in [-0.2, -0.15) is 0 Å². The van der Waals surface area contributed by atoms with E-state index in [1.807, 2.05) is 30.5 Å². The predicted octanol–water partition coefficient (Wildman–Crippen LogP) is 5.84. The molecule has 2 aliphatic rings. The molecule has 2 atom stereocenters. The smallest absolute Gasteiger partial charge is 0.124 e. The fourth-order valence-corrected chi connectivity index (χ4v) is 6.19. The minimum absolute atomic E-state index is 0.106. The molecule has 198 valence electrons. The number of H-pyrrole nitrogens is 1. The number of hydrogen-bond donors (Lipinski definition) is 1. The number of aromatic nitrogens is 3. The van der Waals surface area contributed by atoms with Crippen molar-refractivity contribution < 1.29 is 4.74 Å². The first-order valence-corrected chi connectivity index (χ1v) is 13.9. The van der Waals surface area contributed by atoms with Crippen LogP contribution < -0.4 is 9.64 Å². The van der Waals surface area contributed by atoms with Crippen molar-refractivity contribution in [3.05, 3.63) is 82.9 Å². The third-order valence-corrected chi connectivity index (χ3v) is 8.37. The minimum Gasteiger partial charge on any atom is -0.497 e. The molecule has 4 heterocycles. The Labute approximate surface area is 229 Å². The van der Waals surface area contributed by atoms with Crippen LogP contribution in [0, 0.1) is 0 Å². The Morgan fingerprint density at radius 3 is 2.53 bits per heavy atom. The number of anilines is 1. The highest BCUT2D eigenvalue weighted by Crippen LogP contribution is 2.43. The van der Waals surface area contributed by atoms with Crippen LogP contribution in [0.15, 0.2) is 60.8 Å². The number of imidazole rings is 1. The van der Waals surface area contributed by atoms with E-state index in [9.17, 15) is 0 Å². The Kier molecular flexibility index (Phi) is 7.24. The summed E-state index contributed by atoms with van der Waals surface area (Å²) in [4.78, 5) is 21.1. The van der Waals surface area contributed by atoms with E-state index in [2.05, 4.69) is 57.1 Å². The lowest BCUT2D eigenvalue weighted by Gasteiger charge is -2.41. The van der Waals surface area contributed by atoms with Gasteiger partial charge in [-0.15, -0.1) is 0 Å². The van der Waals surface area contributed by atoms with Crippen LogP contribution in [0.2, 0.25) is 5.02 Å². The summed E-state index contributed by atoms with van der Waals surface area (Å²) in [5, 5.41) is 0.722. The third kappa shape index (κ3) is 4.98. The monoisotopic (exact) mass is 530 g/mol. The Morgan fingerprint density at radius 2 is 1.76 bits per heavy atom. The van der Waals surface area contributed by atoms with Gasteiger partial charge in [-0.25, -0.2) is 4.98 Å². The molecule has 0 saturated carbocycles. The fraction of sp³-hybridized carbons (Fsp3) is 0.400. The number of ether oxygens (including phenoxy) is 1. The Bertz CT molecular complexity index is 1380. The van der Waals surface area contributed by atoms with Gasteiger partial charge in [0.25, 0.3) is 0 Å². The van der Waals surface area contributed by atoms with Gasteiger partial charge in [-0.05, 0) is 68.3 Å². The normalized spacial score (nSPS) is 21.2. The second-order valence-corrected chi connectivity index (χ2v) is 10.8. The summed E-state index contributed by atoms with van der Waals surface area (Å²) in [5.74, 6) is 1.88. The molecule has 8 heteroatoms. The van der Waals surface area contributed by atoms with Crippen LogP contribution in [-0.2, 0) is 6.54 Å². The van der Waals surface area contributed by atoms with E-state index >= 15 is 0 Å². The standard InChI is InChI=1S/C30H35ClN6O/c1-35-16-18-36(19-17-35)25-8-3-7-24-29(25)34-30(33-24)27-10-4-9-26(28-23(31)6-5-15-32-28)37(27)20-21-11-13-22(38-2)14-12-21/h3,5-8,11-15,26-27H,4,9-10,16-20H2,1-2H3,(H,33,34)/t26-,27+/m0/s1. The Morgan fingerprint density at radius 1 is 0.974 bits per heavy atom. The maximum Gasteiger partial charge on any atom is 0.124 e. The van der Waals surface area contributed by atoms with E-state index in [1.165, 1.54) is 11.3 Å². The van der Waals surface area contributed by atoms with E-state index in [0.29, 0.717) is 0 Å². The fourth-order valence-electron chi connectivity index (χ4n) is 5.94. The summed E-state index contributed by atoms with van der Waals surface area (Å²) in [6.07, 6.45) is 4.97. The second-order valence-electron chi connectivity index (χ2n) is 10.4. The molecular weight excluding hydrogens is 496 g/mol. The summed E-state index contributed by atoms with van der Waals surface area (Å²) in [7, 11) is 3.89. The number of likely N-dealkylation sites (N-methyl/N-ethyl adjacent to an activating group) is 1. The van der Waals surface area contributed by atoms with Crippen LogP contribution in [0.5, 0.6) is 5.75 Å². The summed E-state index contributed by atoms with van der Waals surface area (Å²) in [6.45, 7) is 4.95. The molecule has 4 aromatic rings. The van der Waals surface area contributed by atoms with Crippen LogP contribution in [0.4, 0.5) is 5.69 Å². The summed E-state index contributed by atoms with van der Waals surface area (Å²) < 4.78 is 5.39. The first-order chi connectivity index (χ1) is 18.6. The second kappa shape index (κ2) is 10.9. The number of fused-ring (bicyclic) bond motifs is 1. The zero-order chi connectivity index (χ0) is 26.1. The topological polar surface area (TPSA) is 60.5 Å². The summed E-state index contributed by atoms with van der Waals surface area (Å²) in [6, 6.07) is 18.9. The van der Waals surface area contributed by atoms with Crippen LogP contribution in [0.25, 0.3) is 11.0 Å². The lowest BCUT2D eigenvalue weighted by Crippen LogP contribution is -2.44. The highest BCUT2D eigenvalue weighted by atomic mass is 35.5. The number of aromatic amines is 1. The molecule has 7 nitrogen and oxygen atoms in total. The summed E-state index contributed by atoms with van der Waals surface area (Å²) >= 11 is 6.70. The van der Waals surface area contributed by atoms with Crippen molar-refractivity contribution in [2.75, 3.05) is 45.2 Å². The van der Waals surface area contributed by atoms with Gasteiger partial charge >= 0.3 is 0 Å². The van der Waals surface area contributed by atoms with Crippen LogP contribution >= 0.6 is 11.6 Å². The van der Waals surface area contributed by atoms with Crippen LogP contribution in [0.1, 0.15) is 48.4 Å². The van der Waals surface area contributed by atoms with Crippen molar-refractivity contribution in [1.29, 1.82) is 0 Å². The number of piperazine rings is 1. The Hall–Kier alpha value is -3.13. The van der Waals surface area contributed by atoms with Gasteiger partial charge in [-0.1, -0.05) is 29.8 Å². The largest absolute Gasteiger partial charge is 0.497 e.